The van der Waals surface area contributed by atoms with Crippen LogP contribution in [0.3, 0.4) is 0 Å². The second kappa shape index (κ2) is 31.3. The van der Waals surface area contributed by atoms with Gasteiger partial charge in [-0.3, -0.25) is 14.4 Å². The SMILES string of the molecule is CC(=O)C1CC1.CCS(C)(=O)=O.COCC(C)=O.CS(=O)(=O)C(F)(F)F.CS(=O)(=O)C(F)F.CS(=O)(=O)C1CC1.CS(C)(=O)=O.Cc1nc(CN(C)C)cc(C(=O)N2CCC(C)CC2)n1. The highest BCUT2D eigenvalue weighted by Gasteiger charge is 2.41. The van der Waals surface area contributed by atoms with Crippen molar-refractivity contribution >= 4 is 66.7 Å². The van der Waals surface area contributed by atoms with Crippen molar-refractivity contribution in [3.05, 3.63) is 23.3 Å². The summed E-state index contributed by atoms with van der Waals surface area (Å²) >= 11 is 0. The highest BCUT2D eigenvalue weighted by atomic mass is 32.2. The highest BCUT2D eigenvalue weighted by molar-refractivity contribution is 7.92. The molecule has 386 valence electrons. The van der Waals surface area contributed by atoms with Gasteiger partial charge < -0.3 is 14.5 Å². The molecule has 0 bridgehead atoms. The molecule has 1 aliphatic heterocycles. The van der Waals surface area contributed by atoms with E-state index in [-0.39, 0.29) is 35.6 Å². The molecule has 0 spiro atoms. The Morgan fingerprint density at radius 3 is 1.38 bits per heavy atom. The Bertz CT molecular complexity index is 2120. The first-order valence-electron chi connectivity index (χ1n) is 19.4. The Morgan fingerprint density at radius 2 is 1.20 bits per heavy atom. The molecule has 0 unspecified atom stereocenters. The quantitative estimate of drug-likeness (QED) is 0.320. The van der Waals surface area contributed by atoms with E-state index in [9.17, 15) is 78.4 Å². The lowest BCUT2D eigenvalue weighted by Gasteiger charge is -2.30. The summed E-state index contributed by atoms with van der Waals surface area (Å²) in [6.07, 6.45) is 11.7. The molecule has 65 heavy (non-hydrogen) atoms. The molecule has 0 aromatic carbocycles. The number of methoxy groups -OCH3 is 1. The third kappa shape index (κ3) is 46.1. The normalized spacial score (nSPS) is 15.3. The van der Waals surface area contributed by atoms with Crippen LogP contribution in [0.1, 0.15) is 88.2 Å². The number of hydrogen-bond acceptors (Lipinski definition) is 17. The van der Waals surface area contributed by atoms with Crippen molar-refractivity contribution in [1.29, 1.82) is 0 Å². The molecule has 1 amide bonds. The molecule has 4 rings (SSSR count). The number of sulfone groups is 5. The highest BCUT2D eigenvalue weighted by Crippen LogP contribution is 2.29. The van der Waals surface area contributed by atoms with Crippen LogP contribution >= 0.6 is 0 Å². The number of carbonyl (C=O) groups excluding carboxylic acids is 3. The summed E-state index contributed by atoms with van der Waals surface area (Å²) in [7, 11) is -11.4. The van der Waals surface area contributed by atoms with Crippen molar-refractivity contribution < 1.29 is 83.2 Å². The first kappa shape index (κ1) is 68.8. The fourth-order valence-corrected chi connectivity index (χ4v) is 4.70. The third-order valence-corrected chi connectivity index (χ3v) is 11.8. The number of Topliss-reactive ketones (excluding diaryl/α,β-unsaturated/α-hetero) is 2. The van der Waals surface area contributed by atoms with Crippen LogP contribution < -0.4 is 0 Å². The standard InChI is InChI=1S/C15H24N4O.C5H8O.C4H8O2S.C4H8O2.C3H8O2S.C2H3F3O2S.C2H4F2O2S.C2H6O2S/c1-11-5-7-19(8-6-11)15(20)14-9-13(10-18(3)4)16-12(2)17-14;1-4(6)5-2-3-5;1-7(5,6)4-2-3-4;1-4(5)3-6-2;1-3-6(2,4)5;1-8(6,7)2(3,4)5;1-7(5,6)2(3)4;1-5(2,3)4/h9,11H,5-8,10H2,1-4H3;5H,2-3H2,1H3;4H,2-3H2,1H3;2*3H2,1-2H3;1H3;2H,1H3;1-2H3. The van der Waals surface area contributed by atoms with Gasteiger partial charge in [-0.25, -0.2) is 52.1 Å². The second-order valence-electron chi connectivity index (χ2n) is 15.7. The number of rotatable bonds is 9. The minimum atomic E-state index is -5.09. The van der Waals surface area contributed by atoms with E-state index in [0.29, 0.717) is 29.5 Å². The van der Waals surface area contributed by atoms with Gasteiger partial charge in [-0.15, -0.1) is 0 Å². The Balaban J connectivity index is -0.000000351. The largest absolute Gasteiger partial charge is 0.497 e. The van der Waals surface area contributed by atoms with E-state index >= 15 is 0 Å². The van der Waals surface area contributed by atoms with Gasteiger partial charge in [-0.05, 0) is 85.4 Å². The number of aromatic nitrogens is 2. The molecule has 0 radical (unpaired) electrons. The summed E-state index contributed by atoms with van der Waals surface area (Å²) < 4.78 is 158. The maximum Gasteiger partial charge on any atom is 0.497 e. The second-order valence-corrected chi connectivity index (χ2v) is 26.8. The number of carbonyl (C=O) groups is 3. The van der Waals surface area contributed by atoms with E-state index in [0.717, 1.165) is 82.3 Å². The Labute approximate surface area is 383 Å². The Morgan fingerprint density at radius 1 is 0.815 bits per heavy atom. The predicted molar refractivity (Wildman–Crippen MR) is 240 cm³/mol. The van der Waals surface area contributed by atoms with Gasteiger partial charge in [-0.2, -0.15) is 22.0 Å². The van der Waals surface area contributed by atoms with Crippen LogP contribution in [0.15, 0.2) is 6.07 Å². The van der Waals surface area contributed by atoms with E-state index in [2.05, 4.69) is 21.6 Å². The first-order chi connectivity index (χ1) is 28.9. The van der Waals surface area contributed by atoms with Crippen LogP contribution in [0.2, 0.25) is 0 Å². The summed E-state index contributed by atoms with van der Waals surface area (Å²) in [5.74, 6) is -0.659. The van der Waals surface area contributed by atoms with Gasteiger partial charge in [0, 0.05) is 75.9 Å². The van der Waals surface area contributed by atoms with Gasteiger partial charge in [0.25, 0.3) is 5.91 Å². The summed E-state index contributed by atoms with van der Waals surface area (Å²) in [6, 6.07) is 1.83. The molecular weight excluding hydrogens is 980 g/mol. The molecule has 28 heteroatoms. The maximum atomic E-state index is 12.5. The lowest BCUT2D eigenvalue weighted by Crippen LogP contribution is -2.38. The van der Waals surface area contributed by atoms with Gasteiger partial charge in [-0.1, -0.05) is 13.8 Å². The minimum Gasteiger partial charge on any atom is -0.377 e. The lowest BCUT2D eigenvalue weighted by molar-refractivity contribution is -0.120. The summed E-state index contributed by atoms with van der Waals surface area (Å²) in [4.78, 5) is 45.3. The van der Waals surface area contributed by atoms with Gasteiger partial charge in [0.05, 0.1) is 10.9 Å². The average molecular weight is 1050 g/mol. The molecular formula is C37H69F5N4O14S5. The number of nitrogens with zero attached hydrogens (tertiary/aromatic N) is 4. The van der Waals surface area contributed by atoms with Gasteiger partial charge in [0.15, 0.2) is 5.78 Å². The number of aryl methyl sites for hydroxylation is 1. The number of alkyl halides is 5. The summed E-state index contributed by atoms with van der Waals surface area (Å²) in [5, 5.41) is 0.0208. The van der Waals surface area contributed by atoms with E-state index in [4.69, 9.17) is 0 Å². The van der Waals surface area contributed by atoms with Crippen molar-refractivity contribution in [2.24, 2.45) is 11.8 Å². The van der Waals surface area contributed by atoms with Crippen LogP contribution in [0.4, 0.5) is 22.0 Å². The third-order valence-electron chi connectivity index (χ3n) is 7.56. The zero-order chi connectivity index (χ0) is 52.5. The van der Waals surface area contributed by atoms with E-state index in [1.54, 1.807) is 13.8 Å². The zero-order valence-electron chi connectivity index (χ0n) is 39.6. The summed E-state index contributed by atoms with van der Waals surface area (Å²) in [6.45, 7) is 11.5. The topological polar surface area (TPSA) is 263 Å². The molecule has 2 aliphatic carbocycles. The molecule has 2 saturated carbocycles. The van der Waals surface area contributed by atoms with Crippen molar-refractivity contribution in [2.75, 3.05) is 84.2 Å². The molecule has 1 aromatic rings. The van der Waals surface area contributed by atoms with Crippen LogP contribution in [0, 0.1) is 18.8 Å². The number of ether oxygens (including phenoxy) is 1. The number of hydrogen-bond donors (Lipinski definition) is 0. The first-order valence-corrected chi connectivity index (χ1v) is 29.6. The lowest BCUT2D eigenvalue weighted by atomic mass is 9.99. The van der Waals surface area contributed by atoms with E-state index in [1.807, 2.05) is 36.9 Å². The molecule has 3 aliphatic rings. The molecule has 0 atom stereocenters. The summed E-state index contributed by atoms with van der Waals surface area (Å²) in [5.41, 5.74) is -3.66. The van der Waals surface area contributed by atoms with Gasteiger partial charge in [0.2, 0.25) is 19.7 Å². The van der Waals surface area contributed by atoms with E-state index < -0.39 is 60.5 Å². The monoisotopic (exact) mass is 1050 g/mol. The number of piperidine rings is 1. The smallest absolute Gasteiger partial charge is 0.377 e. The van der Waals surface area contributed by atoms with Crippen molar-refractivity contribution in [3.8, 4) is 0 Å². The molecule has 2 heterocycles. The van der Waals surface area contributed by atoms with Gasteiger partial charge in [0.1, 0.15) is 53.4 Å². The van der Waals surface area contributed by atoms with Crippen molar-refractivity contribution in [3.63, 3.8) is 0 Å². The minimum absolute atomic E-state index is 0.0208. The molecule has 0 N–H and O–H groups in total. The number of amides is 1. The average Bonchev–Trinajstić information content (AvgIpc) is 4.00. The maximum absolute atomic E-state index is 12.5. The number of ketones is 2. The fraction of sp³-hybridized carbons (Fsp3) is 0.811. The predicted octanol–water partition coefficient (Wildman–Crippen LogP) is 3.64. The van der Waals surface area contributed by atoms with Crippen molar-refractivity contribution in [2.45, 2.75) is 96.2 Å². The number of likely N-dealkylation sites (tertiary alicyclic amines) is 1. The van der Waals surface area contributed by atoms with Crippen LogP contribution in [-0.4, -0.2) is 180 Å². The molecule has 3 fully saturated rings. The van der Waals surface area contributed by atoms with Crippen molar-refractivity contribution in [1.82, 2.24) is 19.8 Å². The van der Waals surface area contributed by atoms with E-state index in [1.165, 1.54) is 26.5 Å². The Kier molecular flexibility index (Phi) is 33.1. The molecule has 1 aromatic heterocycles. The van der Waals surface area contributed by atoms with Crippen LogP contribution in [0.5, 0.6) is 0 Å². The number of halogens is 5. The molecule has 1 saturated heterocycles. The Hall–Kier alpha value is -2.79. The van der Waals surface area contributed by atoms with Gasteiger partial charge >= 0.3 is 11.3 Å². The molecule has 18 nitrogen and oxygen atoms in total. The fourth-order valence-electron chi connectivity index (χ4n) is 3.71. The van der Waals surface area contributed by atoms with Crippen LogP contribution in [0.25, 0.3) is 0 Å². The zero-order valence-corrected chi connectivity index (χ0v) is 43.7. The van der Waals surface area contributed by atoms with Crippen LogP contribution in [-0.2, 0) is 70.1 Å².